The lowest BCUT2D eigenvalue weighted by Gasteiger charge is -2.55. The molecule has 5 heteroatoms. The van der Waals surface area contributed by atoms with Crippen molar-refractivity contribution in [1.82, 2.24) is 10.2 Å². The Hall–Kier alpha value is -2.04. The zero-order valence-corrected chi connectivity index (χ0v) is 12.6. The number of piperidine rings is 2. The molecule has 4 rings (SSSR count). The highest BCUT2D eigenvalue weighted by Gasteiger charge is 2.59. The molecule has 2 unspecified atom stereocenters. The molecule has 0 radical (unpaired) electrons. The third-order valence-electron chi connectivity index (χ3n) is 4.80. The number of hydrogen-bond acceptors (Lipinski definition) is 3. The Kier molecular flexibility index (Phi) is 2.97. The standard InChI is InChI=1S/C16H20N2O3/c1-15-8-9-16(2,13(19)17-15)18(14(15)20)10-11-4-6-12(21-3)7-5-11/h4-7H,8-10H2,1-3H3,(H,17,19). The Morgan fingerprint density at radius 2 is 1.86 bits per heavy atom. The Morgan fingerprint density at radius 3 is 2.43 bits per heavy atom. The summed E-state index contributed by atoms with van der Waals surface area (Å²) in [7, 11) is 1.62. The number of carbonyl (C=O) groups excluding carboxylic acids is 2. The highest BCUT2D eigenvalue weighted by Crippen LogP contribution is 2.40. The van der Waals surface area contributed by atoms with Crippen molar-refractivity contribution >= 4 is 11.8 Å². The SMILES string of the molecule is COc1ccc(CN2C(=O)C3(C)CCC2(C)C(=O)N3)cc1. The van der Waals surface area contributed by atoms with E-state index >= 15 is 0 Å². The van der Waals surface area contributed by atoms with E-state index in [0.717, 1.165) is 11.3 Å². The summed E-state index contributed by atoms with van der Waals surface area (Å²) in [4.78, 5) is 26.7. The molecular formula is C16H20N2O3. The first-order chi connectivity index (χ1) is 9.89. The van der Waals surface area contributed by atoms with Crippen LogP contribution in [-0.4, -0.2) is 34.9 Å². The van der Waals surface area contributed by atoms with Crippen LogP contribution >= 0.6 is 0 Å². The zero-order valence-electron chi connectivity index (χ0n) is 12.6. The molecule has 0 aliphatic carbocycles. The highest BCUT2D eigenvalue weighted by molar-refractivity contribution is 6.03. The second-order valence-corrected chi connectivity index (χ2v) is 6.30. The number of rotatable bonds is 3. The zero-order chi connectivity index (χ0) is 15.3. The van der Waals surface area contributed by atoms with Gasteiger partial charge in [-0.15, -0.1) is 0 Å². The van der Waals surface area contributed by atoms with E-state index in [9.17, 15) is 9.59 Å². The summed E-state index contributed by atoms with van der Waals surface area (Å²) >= 11 is 0. The Labute approximate surface area is 124 Å². The number of carbonyl (C=O) groups is 2. The first kappa shape index (κ1) is 13.9. The highest BCUT2D eigenvalue weighted by atomic mass is 16.5. The smallest absolute Gasteiger partial charge is 0.249 e. The second kappa shape index (κ2) is 4.48. The van der Waals surface area contributed by atoms with Crippen LogP contribution in [-0.2, 0) is 16.1 Å². The molecule has 3 aliphatic heterocycles. The summed E-state index contributed by atoms with van der Waals surface area (Å²) in [5.74, 6) is 0.734. The first-order valence-electron chi connectivity index (χ1n) is 7.17. The monoisotopic (exact) mass is 288 g/mol. The topological polar surface area (TPSA) is 58.6 Å². The van der Waals surface area contributed by atoms with Gasteiger partial charge >= 0.3 is 0 Å². The van der Waals surface area contributed by atoms with E-state index in [4.69, 9.17) is 4.74 Å². The number of methoxy groups -OCH3 is 1. The number of nitrogens with one attached hydrogen (secondary N) is 1. The average Bonchev–Trinajstić information content (AvgIpc) is 2.47. The van der Waals surface area contributed by atoms with Crippen LogP contribution < -0.4 is 10.1 Å². The van der Waals surface area contributed by atoms with Gasteiger partial charge in [-0.25, -0.2) is 0 Å². The Bertz CT molecular complexity index is 598. The maximum atomic E-state index is 12.7. The van der Waals surface area contributed by atoms with Crippen molar-refractivity contribution in [2.24, 2.45) is 0 Å². The van der Waals surface area contributed by atoms with Crippen molar-refractivity contribution in [3.63, 3.8) is 0 Å². The van der Waals surface area contributed by atoms with E-state index in [2.05, 4.69) is 5.32 Å². The van der Waals surface area contributed by atoms with Crippen molar-refractivity contribution in [3.05, 3.63) is 29.8 Å². The number of piperazine rings is 1. The molecule has 3 aliphatic rings. The Balaban J connectivity index is 1.89. The van der Waals surface area contributed by atoms with E-state index in [1.165, 1.54) is 0 Å². The molecule has 3 fully saturated rings. The summed E-state index contributed by atoms with van der Waals surface area (Å²) in [5, 5.41) is 2.87. The minimum Gasteiger partial charge on any atom is -0.497 e. The lowest BCUT2D eigenvalue weighted by atomic mass is 9.73. The molecule has 3 heterocycles. The largest absolute Gasteiger partial charge is 0.497 e. The Morgan fingerprint density at radius 1 is 1.19 bits per heavy atom. The molecule has 5 nitrogen and oxygen atoms in total. The van der Waals surface area contributed by atoms with Gasteiger partial charge in [0, 0.05) is 6.54 Å². The number of benzene rings is 1. The lowest BCUT2D eigenvalue weighted by molar-refractivity contribution is -0.170. The van der Waals surface area contributed by atoms with Gasteiger partial charge in [-0.05, 0) is 44.4 Å². The van der Waals surface area contributed by atoms with Gasteiger partial charge < -0.3 is 15.0 Å². The molecule has 3 saturated heterocycles. The quantitative estimate of drug-likeness (QED) is 0.916. The van der Waals surface area contributed by atoms with E-state index in [1.807, 2.05) is 38.1 Å². The summed E-state index contributed by atoms with van der Waals surface area (Å²) in [5.41, 5.74) is -0.495. The van der Waals surface area contributed by atoms with Crippen LogP contribution in [0.4, 0.5) is 0 Å². The van der Waals surface area contributed by atoms with E-state index in [-0.39, 0.29) is 11.8 Å². The van der Waals surface area contributed by atoms with Crippen molar-refractivity contribution < 1.29 is 14.3 Å². The van der Waals surface area contributed by atoms with Crippen LogP contribution in [0.25, 0.3) is 0 Å². The summed E-state index contributed by atoms with van der Waals surface area (Å²) in [6.45, 7) is 4.11. The number of nitrogens with zero attached hydrogens (tertiary/aromatic N) is 1. The molecular weight excluding hydrogens is 268 g/mol. The molecule has 2 atom stereocenters. The lowest BCUT2D eigenvalue weighted by Crippen LogP contribution is -2.77. The van der Waals surface area contributed by atoms with Gasteiger partial charge in [-0.1, -0.05) is 12.1 Å². The maximum absolute atomic E-state index is 12.7. The minimum absolute atomic E-state index is 0.00617. The molecule has 112 valence electrons. The van der Waals surface area contributed by atoms with Gasteiger partial charge in [0.2, 0.25) is 11.8 Å². The number of hydrogen-bond donors (Lipinski definition) is 1. The third kappa shape index (κ3) is 1.99. The first-order valence-corrected chi connectivity index (χ1v) is 7.17. The van der Waals surface area contributed by atoms with Crippen LogP contribution in [0.1, 0.15) is 32.3 Å². The van der Waals surface area contributed by atoms with E-state index < -0.39 is 11.1 Å². The molecule has 21 heavy (non-hydrogen) atoms. The van der Waals surface area contributed by atoms with Gasteiger partial charge in [0.05, 0.1) is 7.11 Å². The average molecular weight is 288 g/mol. The van der Waals surface area contributed by atoms with Crippen molar-refractivity contribution in [3.8, 4) is 5.75 Å². The van der Waals surface area contributed by atoms with Crippen LogP contribution in [0.15, 0.2) is 24.3 Å². The van der Waals surface area contributed by atoms with Gasteiger partial charge in [0.25, 0.3) is 0 Å². The predicted octanol–water partition coefficient (Wildman–Crippen LogP) is 1.46. The normalized spacial score (nSPS) is 31.3. The number of fused-ring (bicyclic) bond motifs is 3. The summed E-state index contributed by atoms with van der Waals surface area (Å²) in [6, 6.07) is 7.59. The van der Waals surface area contributed by atoms with Gasteiger partial charge in [-0.3, -0.25) is 9.59 Å². The van der Waals surface area contributed by atoms with Crippen molar-refractivity contribution in [2.75, 3.05) is 7.11 Å². The minimum atomic E-state index is -0.749. The fourth-order valence-electron chi connectivity index (χ4n) is 3.15. The molecule has 1 aromatic rings. The molecule has 1 aromatic carbocycles. The summed E-state index contributed by atoms with van der Waals surface area (Å²) < 4.78 is 5.14. The molecule has 0 aromatic heterocycles. The van der Waals surface area contributed by atoms with Gasteiger partial charge in [0.1, 0.15) is 16.8 Å². The van der Waals surface area contributed by atoms with Crippen molar-refractivity contribution in [1.29, 1.82) is 0 Å². The van der Waals surface area contributed by atoms with Crippen molar-refractivity contribution in [2.45, 2.75) is 44.3 Å². The number of amides is 2. The van der Waals surface area contributed by atoms with Crippen LogP contribution in [0.5, 0.6) is 5.75 Å². The summed E-state index contributed by atoms with van der Waals surface area (Å²) in [6.07, 6.45) is 1.41. The molecule has 2 bridgehead atoms. The van der Waals surface area contributed by atoms with E-state index in [1.54, 1.807) is 12.0 Å². The second-order valence-electron chi connectivity index (χ2n) is 6.30. The maximum Gasteiger partial charge on any atom is 0.249 e. The molecule has 1 N–H and O–H groups in total. The predicted molar refractivity (Wildman–Crippen MR) is 77.7 cm³/mol. The van der Waals surface area contributed by atoms with Crippen LogP contribution in [0.3, 0.4) is 0 Å². The molecule has 0 saturated carbocycles. The molecule has 2 amide bonds. The third-order valence-corrected chi connectivity index (χ3v) is 4.80. The van der Waals surface area contributed by atoms with Crippen LogP contribution in [0, 0.1) is 0 Å². The van der Waals surface area contributed by atoms with E-state index in [0.29, 0.717) is 19.4 Å². The van der Waals surface area contributed by atoms with Gasteiger partial charge in [0.15, 0.2) is 0 Å². The van der Waals surface area contributed by atoms with Crippen LogP contribution in [0.2, 0.25) is 0 Å². The number of ether oxygens (including phenoxy) is 1. The fraction of sp³-hybridized carbons (Fsp3) is 0.500. The molecule has 0 spiro atoms. The van der Waals surface area contributed by atoms with Gasteiger partial charge in [-0.2, -0.15) is 0 Å². The fourth-order valence-corrected chi connectivity index (χ4v) is 3.15.